The molecule has 2 fully saturated rings. The average Bonchev–Trinajstić information content (AvgIpc) is 2.99. The van der Waals surface area contributed by atoms with E-state index in [1.807, 2.05) is 18.7 Å². The molecule has 6 nitrogen and oxygen atoms in total. The molecule has 2 aliphatic heterocycles. The minimum atomic E-state index is -0.498. The van der Waals surface area contributed by atoms with Gasteiger partial charge in [0, 0.05) is 23.9 Å². The van der Waals surface area contributed by atoms with Crippen LogP contribution in [0.2, 0.25) is 0 Å². The largest absolute Gasteiger partial charge is 0.382 e. The number of nitrogens with two attached hydrogens (primary N) is 1. The van der Waals surface area contributed by atoms with Crippen molar-refractivity contribution < 1.29 is 9.18 Å². The average molecular weight is 396 g/mol. The van der Waals surface area contributed by atoms with Crippen LogP contribution in [0.4, 0.5) is 10.2 Å². The Morgan fingerprint density at radius 2 is 2.17 bits per heavy atom. The maximum atomic E-state index is 14.4. The lowest BCUT2D eigenvalue weighted by Gasteiger charge is -2.34. The molecule has 128 valence electrons. The van der Waals surface area contributed by atoms with Gasteiger partial charge in [-0.15, -0.1) is 0 Å². The lowest BCUT2D eigenvalue weighted by atomic mass is 9.87. The Morgan fingerprint density at radius 3 is 2.92 bits per heavy atom. The van der Waals surface area contributed by atoms with Gasteiger partial charge in [0.25, 0.3) is 0 Å². The summed E-state index contributed by atoms with van der Waals surface area (Å²) in [5, 5.41) is 0. The van der Waals surface area contributed by atoms with Crippen LogP contribution < -0.4 is 5.73 Å². The molecule has 24 heavy (non-hydrogen) atoms. The number of nitrogen functional groups attached to an aromatic ring is 1. The highest BCUT2D eigenvalue weighted by molar-refractivity contribution is 9.10. The molecular formula is C16H19BrFN5O. The van der Waals surface area contributed by atoms with Gasteiger partial charge in [-0.25, -0.2) is 9.97 Å². The first-order valence-corrected chi connectivity index (χ1v) is 8.88. The van der Waals surface area contributed by atoms with Gasteiger partial charge in [-0.2, -0.15) is 4.39 Å². The summed E-state index contributed by atoms with van der Waals surface area (Å²) < 4.78 is 16.3. The standard InChI is InChI=1S/C16H19BrFN5O/c1-16(2)5-9-4-3-8(7-22(9)15(16)24)14-21-12(17)11-13(19)20-6-10(18)23(11)14/h6,8-9H,3-5,7H2,1-2H3,(H2,19,20)/t8-,9+/m1/s1. The highest BCUT2D eigenvalue weighted by Crippen LogP contribution is 2.43. The van der Waals surface area contributed by atoms with E-state index in [-0.39, 0.29) is 29.1 Å². The molecule has 0 radical (unpaired) electrons. The van der Waals surface area contributed by atoms with Gasteiger partial charge in [-0.3, -0.25) is 9.20 Å². The van der Waals surface area contributed by atoms with Crippen molar-refractivity contribution in [2.24, 2.45) is 5.41 Å². The summed E-state index contributed by atoms with van der Waals surface area (Å²) in [6, 6.07) is 0.287. The molecule has 4 rings (SSSR count). The molecule has 2 aliphatic rings. The van der Waals surface area contributed by atoms with E-state index in [9.17, 15) is 9.18 Å². The quantitative estimate of drug-likeness (QED) is 0.804. The second-order valence-electron chi connectivity index (χ2n) is 7.38. The molecule has 0 aliphatic carbocycles. The molecule has 2 aromatic rings. The summed E-state index contributed by atoms with van der Waals surface area (Å²) in [7, 11) is 0. The Balaban J connectivity index is 1.75. The minimum absolute atomic E-state index is 0.0193. The summed E-state index contributed by atoms with van der Waals surface area (Å²) in [4.78, 5) is 22.9. The van der Waals surface area contributed by atoms with Crippen molar-refractivity contribution in [2.45, 2.75) is 45.1 Å². The van der Waals surface area contributed by atoms with Crippen molar-refractivity contribution in [3.8, 4) is 0 Å². The van der Waals surface area contributed by atoms with E-state index in [1.165, 1.54) is 4.40 Å². The Morgan fingerprint density at radius 1 is 1.42 bits per heavy atom. The van der Waals surface area contributed by atoms with Gasteiger partial charge >= 0.3 is 0 Å². The fraction of sp³-hybridized carbons (Fsp3) is 0.562. The highest BCUT2D eigenvalue weighted by atomic mass is 79.9. The molecule has 0 aromatic carbocycles. The van der Waals surface area contributed by atoms with Crippen LogP contribution in [-0.4, -0.2) is 37.8 Å². The molecule has 2 N–H and O–H groups in total. The van der Waals surface area contributed by atoms with Gasteiger partial charge in [0.2, 0.25) is 11.9 Å². The van der Waals surface area contributed by atoms with Crippen LogP contribution in [0.3, 0.4) is 0 Å². The third-order valence-electron chi connectivity index (χ3n) is 5.28. The van der Waals surface area contributed by atoms with Gasteiger partial charge in [0.05, 0.1) is 6.20 Å². The SMILES string of the molecule is CC1(C)C[C@@H]2CC[C@@H](c3nc(Br)c4c(N)ncc(F)n34)CN2C1=O. The second kappa shape index (κ2) is 5.15. The van der Waals surface area contributed by atoms with Crippen LogP contribution in [0.15, 0.2) is 10.8 Å². The van der Waals surface area contributed by atoms with E-state index in [0.29, 0.717) is 22.5 Å². The molecule has 4 heterocycles. The van der Waals surface area contributed by atoms with Crippen LogP contribution >= 0.6 is 15.9 Å². The first kappa shape index (κ1) is 15.8. The summed E-state index contributed by atoms with van der Waals surface area (Å²) >= 11 is 3.36. The Bertz CT molecular complexity index is 849. The van der Waals surface area contributed by atoms with Crippen molar-refractivity contribution >= 4 is 33.2 Å². The molecule has 1 amide bonds. The number of hydrogen-bond acceptors (Lipinski definition) is 4. The van der Waals surface area contributed by atoms with E-state index in [4.69, 9.17) is 5.73 Å². The number of carbonyl (C=O) groups is 1. The fourth-order valence-electron chi connectivity index (χ4n) is 4.13. The molecule has 0 spiro atoms. The summed E-state index contributed by atoms with van der Waals surface area (Å²) in [5.74, 6) is 0.490. The molecule has 2 atom stereocenters. The third-order valence-corrected chi connectivity index (χ3v) is 5.84. The first-order chi connectivity index (χ1) is 11.3. The lowest BCUT2D eigenvalue weighted by Crippen LogP contribution is -2.42. The van der Waals surface area contributed by atoms with Gasteiger partial charge in [0.15, 0.2) is 5.82 Å². The van der Waals surface area contributed by atoms with Crippen LogP contribution in [0, 0.1) is 11.4 Å². The number of amides is 1. The minimum Gasteiger partial charge on any atom is -0.382 e. The second-order valence-corrected chi connectivity index (χ2v) is 8.14. The molecule has 8 heteroatoms. The van der Waals surface area contributed by atoms with E-state index < -0.39 is 5.95 Å². The fourth-order valence-corrected chi connectivity index (χ4v) is 4.69. The zero-order chi connectivity index (χ0) is 17.2. The highest BCUT2D eigenvalue weighted by Gasteiger charge is 2.48. The Kier molecular flexibility index (Phi) is 3.39. The summed E-state index contributed by atoms with van der Waals surface area (Å²) in [6.07, 6.45) is 3.78. The molecule has 2 aromatic heterocycles. The first-order valence-electron chi connectivity index (χ1n) is 8.08. The molecule has 0 bridgehead atoms. The number of hydrogen-bond donors (Lipinski definition) is 1. The molecule has 0 saturated carbocycles. The van der Waals surface area contributed by atoms with Crippen LogP contribution in [0.5, 0.6) is 0 Å². The van der Waals surface area contributed by atoms with E-state index in [1.54, 1.807) is 0 Å². The van der Waals surface area contributed by atoms with Crippen LogP contribution in [0.25, 0.3) is 5.52 Å². The van der Waals surface area contributed by atoms with E-state index in [0.717, 1.165) is 25.5 Å². The number of fused-ring (bicyclic) bond motifs is 2. The monoisotopic (exact) mass is 395 g/mol. The van der Waals surface area contributed by atoms with Gasteiger partial charge in [-0.05, 0) is 35.2 Å². The Labute approximate surface area is 147 Å². The maximum Gasteiger partial charge on any atom is 0.228 e. The molecular weight excluding hydrogens is 377 g/mol. The summed E-state index contributed by atoms with van der Waals surface area (Å²) in [5.41, 5.74) is 6.01. The summed E-state index contributed by atoms with van der Waals surface area (Å²) in [6.45, 7) is 4.56. The predicted octanol–water partition coefficient (Wildman–Crippen LogP) is 2.72. The third kappa shape index (κ3) is 2.15. The molecule has 0 unspecified atom stereocenters. The zero-order valence-corrected chi connectivity index (χ0v) is 15.2. The number of rotatable bonds is 1. The molecule has 2 saturated heterocycles. The van der Waals surface area contributed by atoms with Crippen molar-refractivity contribution in [3.63, 3.8) is 0 Å². The number of anilines is 1. The smallest absolute Gasteiger partial charge is 0.228 e. The Hall–Kier alpha value is -1.70. The number of nitrogens with zero attached hydrogens (tertiary/aromatic N) is 4. The predicted molar refractivity (Wildman–Crippen MR) is 90.9 cm³/mol. The van der Waals surface area contributed by atoms with Crippen LogP contribution in [0.1, 0.15) is 44.9 Å². The van der Waals surface area contributed by atoms with Crippen molar-refractivity contribution in [1.29, 1.82) is 0 Å². The topological polar surface area (TPSA) is 76.5 Å². The number of aromatic nitrogens is 3. The van der Waals surface area contributed by atoms with Gasteiger partial charge in [-0.1, -0.05) is 13.8 Å². The van der Waals surface area contributed by atoms with E-state index in [2.05, 4.69) is 25.9 Å². The van der Waals surface area contributed by atoms with Crippen molar-refractivity contribution in [2.75, 3.05) is 12.3 Å². The lowest BCUT2D eigenvalue weighted by molar-refractivity contribution is -0.136. The van der Waals surface area contributed by atoms with Crippen molar-refractivity contribution in [1.82, 2.24) is 19.3 Å². The number of imidazole rings is 1. The maximum absolute atomic E-state index is 14.4. The van der Waals surface area contributed by atoms with Crippen LogP contribution in [-0.2, 0) is 4.79 Å². The zero-order valence-electron chi connectivity index (χ0n) is 13.6. The number of carbonyl (C=O) groups excluding carboxylic acids is 1. The van der Waals surface area contributed by atoms with E-state index >= 15 is 0 Å². The number of halogens is 2. The van der Waals surface area contributed by atoms with Gasteiger partial charge < -0.3 is 10.6 Å². The van der Waals surface area contributed by atoms with Gasteiger partial charge in [0.1, 0.15) is 15.9 Å². The normalized spacial score (nSPS) is 26.2. The van der Waals surface area contributed by atoms with Crippen molar-refractivity contribution in [3.05, 3.63) is 22.6 Å². The number of piperidine rings is 1.